The van der Waals surface area contributed by atoms with Crippen molar-refractivity contribution < 1.29 is 9.72 Å². The minimum absolute atomic E-state index is 0.0603. The minimum Gasteiger partial charge on any atom is -0.267 e. The van der Waals surface area contributed by atoms with Gasteiger partial charge in [0.05, 0.1) is 17.7 Å². The highest BCUT2D eigenvalue weighted by molar-refractivity contribution is 6.35. The predicted octanol–water partition coefficient (Wildman–Crippen LogP) is 3.91. The molecule has 142 valence electrons. The lowest BCUT2D eigenvalue weighted by Crippen LogP contribution is -2.18. The number of hydrazone groups is 1. The first-order chi connectivity index (χ1) is 13.4. The highest BCUT2D eigenvalue weighted by atomic mass is 35.5. The van der Waals surface area contributed by atoms with Crippen molar-refractivity contribution in [3.8, 4) is 0 Å². The molecule has 0 saturated heterocycles. The van der Waals surface area contributed by atoms with Gasteiger partial charge in [-0.15, -0.1) is 0 Å². The van der Waals surface area contributed by atoms with E-state index in [9.17, 15) is 14.9 Å². The van der Waals surface area contributed by atoms with Crippen LogP contribution in [0.25, 0.3) is 0 Å². The van der Waals surface area contributed by atoms with Gasteiger partial charge in [0.2, 0.25) is 0 Å². The molecule has 0 aliphatic carbocycles. The lowest BCUT2D eigenvalue weighted by molar-refractivity contribution is -0.384. The summed E-state index contributed by atoms with van der Waals surface area (Å²) < 4.78 is 1.56. The predicted molar refractivity (Wildman–Crippen MR) is 106 cm³/mol. The summed E-state index contributed by atoms with van der Waals surface area (Å²) in [6, 6.07) is 12.6. The van der Waals surface area contributed by atoms with Gasteiger partial charge in [0, 0.05) is 33.9 Å². The Morgan fingerprint density at radius 2 is 2.07 bits per heavy atom. The zero-order valence-corrected chi connectivity index (χ0v) is 15.8. The minimum atomic E-state index is -0.511. The van der Waals surface area contributed by atoms with Gasteiger partial charge in [0.1, 0.15) is 0 Å². The van der Waals surface area contributed by atoms with Crippen LogP contribution in [-0.2, 0) is 6.54 Å². The van der Waals surface area contributed by atoms with E-state index in [0.29, 0.717) is 22.2 Å². The van der Waals surface area contributed by atoms with Crippen molar-refractivity contribution in [2.24, 2.45) is 5.10 Å². The lowest BCUT2D eigenvalue weighted by atomic mass is 10.2. The van der Waals surface area contributed by atoms with E-state index in [1.807, 2.05) is 0 Å². The molecule has 8 nitrogen and oxygen atoms in total. The Balaban J connectivity index is 1.62. The van der Waals surface area contributed by atoms with E-state index in [1.54, 1.807) is 41.2 Å². The quantitative estimate of drug-likeness (QED) is 0.373. The number of nitrogens with zero attached hydrogens (tertiary/aromatic N) is 4. The molecule has 0 fully saturated rings. The second kappa shape index (κ2) is 8.64. The van der Waals surface area contributed by atoms with Crippen LogP contribution in [0.2, 0.25) is 10.0 Å². The average molecular weight is 418 g/mol. The van der Waals surface area contributed by atoms with Gasteiger partial charge in [0.25, 0.3) is 11.6 Å². The number of hydrogen-bond donors (Lipinski definition) is 1. The molecule has 0 aliphatic rings. The third kappa shape index (κ3) is 4.93. The molecule has 2 aromatic carbocycles. The Morgan fingerprint density at radius 1 is 1.25 bits per heavy atom. The number of nitro groups is 1. The van der Waals surface area contributed by atoms with Crippen molar-refractivity contribution in [2.45, 2.75) is 6.54 Å². The maximum atomic E-state index is 12.1. The molecule has 10 heteroatoms. The highest BCUT2D eigenvalue weighted by Gasteiger charge is 2.10. The molecule has 3 aromatic rings. The Bertz CT molecular complexity index is 1060. The average Bonchev–Trinajstić information content (AvgIpc) is 3.13. The van der Waals surface area contributed by atoms with Gasteiger partial charge in [-0.05, 0) is 23.8 Å². The number of nitrogens with one attached hydrogen (secondary N) is 1. The number of benzene rings is 2. The van der Waals surface area contributed by atoms with Crippen LogP contribution >= 0.6 is 23.2 Å². The van der Waals surface area contributed by atoms with E-state index in [-0.39, 0.29) is 11.4 Å². The van der Waals surface area contributed by atoms with E-state index in [2.05, 4.69) is 15.6 Å². The molecule has 0 bridgehead atoms. The van der Waals surface area contributed by atoms with Crippen LogP contribution in [0, 0.1) is 10.1 Å². The Morgan fingerprint density at radius 3 is 2.82 bits per heavy atom. The van der Waals surface area contributed by atoms with Crippen LogP contribution in [0.15, 0.2) is 59.8 Å². The first-order valence-electron chi connectivity index (χ1n) is 7.97. The molecule has 1 N–H and O–H groups in total. The van der Waals surface area contributed by atoms with E-state index in [4.69, 9.17) is 23.2 Å². The summed E-state index contributed by atoms with van der Waals surface area (Å²) in [6.07, 6.45) is 2.96. The second-order valence-corrected chi connectivity index (χ2v) is 6.53. The van der Waals surface area contributed by atoms with Gasteiger partial charge in [-0.25, -0.2) is 5.43 Å². The maximum absolute atomic E-state index is 12.1. The van der Waals surface area contributed by atoms with Crippen molar-refractivity contribution in [3.63, 3.8) is 0 Å². The lowest BCUT2D eigenvalue weighted by Gasteiger charge is -2.05. The zero-order chi connectivity index (χ0) is 20.1. The van der Waals surface area contributed by atoms with Gasteiger partial charge in [-0.3, -0.25) is 19.6 Å². The van der Waals surface area contributed by atoms with Crippen molar-refractivity contribution in [1.29, 1.82) is 0 Å². The highest BCUT2D eigenvalue weighted by Crippen LogP contribution is 2.21. The van der Waals surface area contributed by atoms with Crippen LogP contribution in [0.4, 0.5) is 5.69 Å². The Hall–Kier alpha value is -3.23. The standard InChI is InChI=1S/C18H13Cl2N5O3/c19-14-5-4-13(16(20)9-14)11-24-7-6-17(23-24)18(26)22-21-10-12-2-1-3-15(8-12)25(27)28/h1-10H,11H2,(H,22,26). The number of carbonyl (C=O) groups is 1. The summed E-state index contributed by atoms with van der Waals surface area (Å²) >= 11 is 12.0. The molecule has 28 heavy (non-hydrogen) atoms. The summed E-state index contributed by atoms with van der Waals surface area (Å²) in [7, 11) is 0. The van der Waals surface area contributed by atoms with Crippen LogP contribution in [0.5, 0.6) is 0 Å². The fourth-order valence-electron chi connectivity index (χ4n) is 2.34. The molecule has 0 radical (unpaired) electrons. The van der Waals surface area contributed by atoms with Crippen molar-refractivity contribution >= 4 is 41.0 Å². The van der Waals surface area contributed by atoms with Crippen molar-refractivity contribution in [3.05, 3.63) is 91.7 Å². The molecule has 0 spiro atoms. The van der Waals surface area contributed by atoms with E-state index in [1.165, 1.54) is 24.4 Å². The van der Waals surface area contributed by atoms with Gasteiger partial charge < -0.3 is 0 Å². The first-order valence-corrected chi connectivity index (χ1v) is 8.73. The summed E-state index contributed by atoms with van der Waals surface area (Å²) in [4.78, 5) is 22.4. The number of non-ortho nitro benzene ring substituents is 1. The van der Waals surface area contributed by atoms with E-state index < -0.39 is 10.8 Å². The van der Waals surface area contributed by atoms with E-state index in [0.717, 1.165) is 5.56 Å². The summed E-state index contributed by atoms with van der Waals surface area (Å²) in [6.45, 7) is 0.375. The topological polar surface area (TPSA) is 102 Å². The summed E-state index contributed by atoms with van der Waals surface area (Å²) in [5.74, 6) is -0.511. The van der Waals surface area contributed by atoms with Crippen LogP contribution in [-0.4, -0.2) is 26.8 Å². The van der Waals surface area contributed by atoms with Gasteiger partial charge in [-0.1, -0.05) is 41.4 Å². The fourth-order valence-corrected chi connectivity index (χ4v) is 2.80. The molecule has 3 rings (SSSR count). The smallest absolute Gasteiger partial charge is 0.267 e. The molecule has 0 saturated carbocycles. The molecule has 0 unspecified atom stereocenters. The van der Waals surface area contributed by atoms with Gasteiger partial charge >= 0.3 is 0 Å². The maximum Gasteiger partial charge on any atom is 0.291 e. The normalized spacial score (nSPS) is 10.9. The third-order valence-corrected chi connectivity index (χ3v) is 4.27. The monoisotopic (exact) mass is 417 g/mol. The molecule has 0 aliphatic heterocycles. The van der Waals surface area contributed by atoms with Gasteiger partial charge in [-0.2, -0.15) is 10.2 Å². The first kappa shape index (κ1) is 19.5. The molecule has 1 amide bonds. The Kier molecular flexibility index (Phi) is 6.03. The number of halogens is 2. The number of amides is 1. The summed E-state index contributed by atoms with van der Waals surface area (Å²) in [5, 5.41) is 19.8. The zero-order valence-electron chi connectivity index (χ0n) is 14.3. The largest absolute Gasteiger partial charge is 0.291 e. The summed E-state index contributed by atoms with van der Waals surface area (Å²) in [5.41, 5.74) is 3.73. The molecule has 1 heterocycles. The molecule has 0 atom stereocenters. The van der Waals surface area contributed by atoms with Crippen LogP contribution in [0.1, 0.15) is 21.6 Å². The second-order valence-electron chi connectivity index (χ2n) is 5.69. The van der Waals surface area contributed by atoms with Crippen LogP contribution in [0.3, 0.4) is 0 Å². The van der Waals surface area contributed by atoms with Crippen LogP contribution < -0.4 is 5.43 Å². The molecule has 1 aromatic heterocycles. The number of carbonyl (C=O) groups excluding carboxylic acids is 1. The molecular weight excluding hydrogens is 405 g/mol. The third-order valence-electron chi connectivity index (χ3n) is 3.68. The van der Waals surface area contributed by atoms with Gasteiger partial charge in [0.15, 0.2) is 5.69 Å². The fraction of sp³-hybridized carbons (Fsp3) is 0.0556. The number of aromatic nitrogens is 2. The SMILES string of the molecule is O=C(NN=Cc1cccc([N+](=O)[O-])c1)c1ccn(Cc2ccc(Cl)cc2Cl)n1. The van der Waals surface area contributed by atoms with Crippen molar-refractivity contribution in [1.82, 2.24) is 15.2 Å². The number of nitro benzene ring substituents is 1. The number of rotatable bonds is 6. The van der Waals surface area contributed by atoms with Crippen molar-refractivity contribution in [2.75, 3.05) is 0 Å². The van der Waals surface area contributed by atoms with E-state index >= 15 is 0 Å². The Labute approximate surface area is 169 Å². The number of hydrogen-bond acceptors (Lipinski definition) is 5. The molecular formula is C18H13Cl2N5O3.